The number of aliphatic hydroxyl groups excluding tert-OH is 1. The molecule has 0 amide bonds. The lowest BCUT2D eigenvalue weighted by atomic mass is 9.95. The van der Waals surface area contributed by atoms with E-state index in [4.69, 9.17) is 44.8 Å². The summed E-state index contributed by atoms with van der Waals surface area (Å²) >= 11 is 12.6. The molecule has 1 unspecified atom stereocenters. The second-order valence-corrected chi connectivity index (χ2v) is 11.2. The number of likely N-dealkylation sites (tertiary alicyclic amines) is 1. The lowest BCUT2D eigenvalue weighted by molar-refractivity contribution is 0.0343. The quantitative estimate of drug-likeness (QED) is 0.200. The number of nitrogen functional groups attached to an aromatic ring is 1. The summed E-state index contributed by atoms with van der Waals surface area (Å²) in [6, 6.07) is 8.61. The van der Waals surface area contributed by atoms with Crippen molar-refractivity contribution in [3.8, 4) is 0 Å². The molecule has 12 heteroatoms. The van der Waals surface area contributed by atoms with Crippen molar-refractivity contribution in [3.63, 3.8) is 0 Å². The normalized spacial score (nSPS) is 21.1. The molecule has 0 spiro atoms. The average molecular weight is 580 g/mol. The van der Waals surface area contributed by atoms with Crippen molar-refractivity contribution in [1.29, 1.82) is 5.41 Å². The van der Waals surface area contributed by atoms with Gasteiger partial charge < -0.3 is 20.5 Å². The highest BCUT2D eigenvalue weighted by Gasteiger charge is 2.36. The number of anilines is 2. The zero-order valence-corrected chi connectivity index (χ0v) is 24.2. The zero-order valence-electron chi connectivity index (χ0n) is 22.7. The molecule has 0 bridgehead atoms. The number of aliphatic hydroxyl groups is 1. The Hall–Kier alpha value is -2.21. The van der Waals surface area contributed by atoms with Gasteiger partial charge in [-0.05, 0) is 43.9 Å². The molecular formula is C27H40Cl2N8O2. The van der Waals surface area contributed by atoms with Crippen LogP contribution in [0.5, 0.6) is 0 Å². The van der Waals surface area contributed by atoms with E-state index in [-0.39, 0.29) is 35.2 Å². The lowest BCUT2D eigenvalue weighted by Gasteiger charge is -2.48. The average Bonchev–Trinajstić information content (AvgIpc) is 2.91. The Labute approximate surface area is 240 Å². The first kappa shape index (κ1) is 29.8. The molecule has 4 rings (SSSR count). The largest absolute Gasteiger partial charge is 0.458 e. The van der Waals surface area contributed by atoms with Crippen molar-refractivity contribution in [2.24, 2.45) is 5.73 Å². The van der Waals surface area contributed by atoms with Gasteiger partial charge in [0.25, 0.3) is 0 Å². The van der Waals surface area contributed by atoms with E-state index >= 15 is 0 Å². The molecule has 1 aromatic carbocycles. The SMILES string of the molecule is CCC[C@H]1CN(c2nc(N)c(C(=N)OC(C)N)nc2Cl)CCN1C1CCN([C@H](CO)c2ccc(Cl)cc2)CC1. The van der Waals surface area contributed by atoms with Gasteiger partial charge in [0, 0.05) is 49.8 Å². The van der Waals surface area contributed by atoms with Crippen molar-refractivity contribution in [1.82, 2.24) is 19.8 Å². The highest BCUT2D eigenvalue weighted by atomic mass is 35.5. The van der Waals surface area contributed by atoms with E-state index in [0.717, 1.165) is 64.0 Å². The first-order valence-corrected chi connectivity index (χ1v) is 14.4. The van der Waals surface area contributed by atoms with E-state index in [9.17, 15) is 5.11 Å². The highest BCUT2D eigenvalue weighted by molar-refractivity contribution is 6.32. The van der Waals surface area contributed by atoms with Crippen LogP contribution >= 0.6 is 23.2 Å². The molecule has 0 saturated carbocycles. The van der Waals surface area contributed by atoms with E-state index in [0.29, 0.717) is 22.9 Å². The van der Waals surface area contributed by atoms with Crippen molar-refractivity contribution < 1.29 is 9.84 Å². The predicted molar refractivity (Wildman–Crippen MR) is 157 cm³/mol. The standard InChI is InChI=1S/C27H40Cl2N8O2/c1-3-4-21-15-36(27-24(29)33-23(25(31)34-27)26(32)39-17(2)30)13-14-37(21)20-9-11-35(12-10-20)22(16-38)18-5-7-19(28)8-6-18/h5-8,17,20-22,32,38H,3-4,9-16,30H2,1-2H3,(H2,31,34)/t17?,21-,22+/m0/s1. The number of nitrogens with one attached hydrogen (secondary N) is 1. The molecule has 214 valence electrons. The van der Waals surface area contributed by atoms with Gasteiger partial charge in [-0.3, -0.25) is 20.9 Å². The van der Waals surface area contributed by atoms with Crippen LogP contribution in [0.15, 0.2) is 24.3 Å². The van der Waals surface area contributed by atoms with Gasteiger partial charge in [-0.25, -0.2) is 9.97 Å². The maximum absolute atomic E-state index is 10.1. The minimum Gasteiger partial charge on any atom is -0.458 e. The number of nitrogens with zero attached hydrogens (tertiary/aromatic N) is 5. The number of hydrogen-bond acceptors (Lipinski definition) is 10. The molecule has 2 aliphatic heterocycles. The van der Waals surface area contributed by atoms with Gasteiger partial charge in [0.05, 0.1) is 12.6 Å². The van der Waals surface area contributed by atoms with Crippen molar-refractivity contribution in [2.45, 2.75) is 63.9 Å². The Balaban J connectivity index is 1.41. The van der Waals surface area contributed by atoms with Crippen LogP contribution in [0.4, 0.5) is 11.6 Å². The third-order valence-electron chi connectivity index (χ3n) is 7.67. The number of rotatable bonds is 9. The van der Waals surface area contributed by atoms with Crippen LogP contribution in [0.1, 0.15) is 56.8 Å². The minimum atomic E-state index is -0.668. The summed E-state index contributed by atoms with van der Waals surface area (Å²) in [6.45, 7) is 8.20. The van der Waals surface area contributed by atoms with E-state index in [1.165, 1.54) is 0 Å². The minimum absolute atomic E-state index is 0.0133. The molecule has 0 radical (unpaired) electrons. The summed E-state index contributed by atoms with van der Waals surface area (Å²) < 4.78 is 5.22. The number of hydrogen-bond donors (Lipinski definition) is 4. The number of halogens is 2. The number of piperidine rings is 1. The number of benzene rings is 1. The molecule has 2 aromatic rings. The summed E-state index contributed by atoms with van der Waals surface area (Å²) in [7, 11) is 0. The summed E-state index contributed by atoms with van der Waals surface area (Å²) in [5.41, 5.74) is 13.0. The van der Waals surface area contributed by atoms with Crippen LogP contribution in [-0.4, -0.2) is 88.4 Å². The van der Waals surface area contributed by atoms with Crippen LogP contribution in [-0.2, 0) is 4.74 Å². The molecule has 39 heavy (non-hydrogen) atoms. The molecule has 2 aliphatic rings. The molecule has 6 N–H and O–H groups in total. The molecule has 3 atom stereocenters. The monoisotopic (exact) mass is 578 g/mol. The van der Waals surface area contributed by atoms with Crippen molar-refractivity contribution >= 4 is 40.7 Å². The van der Waals surface area contributed by atoms with Crippen LogP contribution in [0.25, 0.3) is 0 Å². The third kappa shape index (κ3) is 7.11. The topological polar surface area (TPSA) is 141 Å². The summed E-state index contributed by atoms with van der Waals surface area (Å²) in [5.74, 6) is 0.389. The maximum Gasteiger partial charge on any atom is 0.237 e. The Bertz CT molecular complexity index is 1110. The lowest BCUT2D eigenvalue weighted by Crippen LogP contribution is -2.59. The van der Waals surface area contributed by atoms with Crippen LogP contribution in [0.2, 0.25) is 10.2 Å². The molecule has 2 saturated heterocycles. The van der Waals surface area contributed by atoms with Gasteiger partial charge >= 0.3 is 0 Å². The summed E-state index contributed by atoms with van der Waals surface area (Å²) in [5, 5.41) is 19.1. The van der Waals surface area contributed by atoms with Crippen molar-refractivity contribution in [3.05, 3.63) is 45.7 Å². The van der Waals surface area contributed by atoms with Gasteiger partial charge in [-0.1, -0.05) is 48.7 Å². The molecule has 3 heterocycles. The van der Waals surface area contributed by atoms with Crippen LogP contribution in [0.3, 0.4) is 0 Å². The van der Waals surface area contributed by atoms with Gasteiger partial charge in [-0.15, -0.1) is 0 Å². The highest BCUT2D eigenvalue weighted by Crippen LogP contribution is 2.32. The van der Waals surface area contributed by atoms with E-state index in [1.54, 1.807) is 6.92 Å². The molecule has 10 nitrogen and oxygen atoms in total. The Kier molecular flexibility index (Phi) is 10.3. The fourth-order valence-electron chi connectivity index (χ4n) is 5.81. The molecule has 1 aromatic heterocycles. The summed E-state index contributed by atoms with van der Waals surface area (Å²) in [4.78, 5) is 16.0. The number of nitrogens with two attached hydrogens (primary N) is 2. The number of aromatic nitrogens is 2. The zero-order chi connectivity index (χ0) is 28.1. The number of piperazine rings is 1. The van der Waals surface area contributed by atoms with Gasteiger partial charge in [0.2, 0.25) is 5.90 Å². The fourth-order valence-corrected chi connectivity index (χ4v) is 6.18. The second-order valence-electron chi connectivity index (χ2n) is 10.4. The number of ether oxygens (including phenoxy) is 1. The molecule has 2 fully saturated rings. The van der Waals surface area contributed by atoms with Crippen LogP contribution < -0.4 is 16.4 Å². The molecule has 0 aliphatic carbocycles. The predicted octanol–water partition coefficient (Wildman–Crippen LogP) is 3.50. The van der Waals surface area contributed by atoms with E-state index < -0.39 is 6.23 Å². The maximum atomic E-state index is 10.1. The first-order valence-electron chi connectivity index (χ1n) is 13.7. The van der Waals surface area contributed by atoms with E-state index in [1.807, 2.05) is 24.3 Å². The Morgan fingerprint density at radius 2 is 1.85 bits per heavy atom. The van der Waals surface area contributed by atoms with Gasteiger partial charge in [0.1, 0.15) is 6.23 Å². The Morgan fingerprint density at radius 1 is 1.15 bits per heavy atom. The fraction of sp³-hybridized carbons (Fsp3) is 0.593. The smallest absolute Gasteiger partial charge is 0.237 e. The first-order chi connectivity index (χ1) is 18.7. The van der Waals surface area contributed by atoms with Gasteiger partial charge in [0.15, 0.2) is 22.5 Å². The molecular weight excluding hydrogens is 539 g/mol. The van der Waals surface area contributed by atoms with Gasteiger partial charge in [-0.2, -0.15) is 0 Å². The van der Waals surface area contributed by atoms with E-state index in [2.05, 4.69) is 31.6 Å². The van der Waals surface area contributed by atoms with Crippen molar-refractivity contribution in [2.75, 3.05) is 50.0 Å². The van der Waals surface area contributed by atoms with Crippen LogP contribution in [0, 0.1) is 5.41 Å². The third-order valence-corrected chi connectivity index (χ3v) is 8.17. The summed E-state index contributed by atoms with van der Waals surface area (Å²) in [6.07, 6.45) is 3.57. The second kappa shape index (κ2) is 13.4. The Morgan fingerprint density at radius 3 is 2.46 bits per heavy atom.